The van der Waals surface area contributed by atoms with Crippen LogP contribution in [0.3, 0.4) is 0 Å². The highest BCUT2D eigenvalue weighted by molar-refractivity contribution is 5.19. The Hall–Kier alpha value is -0.960. The van der Waals surface area contributed by atoms with Crippen LogP contribution >= 0.6 is 0 Å². The van der Waals surface area contributed by atoms with Gasteiger partial charge in [-0.1, -0.05) is 0 Å². The molecule has 1 aromatic heterocycles. The van der Waals surface area contributed by atoms with Gasteiger partial charge in [-0.25, -0.2) is 9.97 Å². The van der Waals surface area contributed by atoms with E-state index in [2.05, 4.69) is 21.4 Å². The molecule has 0 spiro atoms. The number of nitrogens with zero attached hydrogens (tertiary/aromatic N) is 2. The largest absolute Gasteiger partial charge is 0.314 e. The molecule has 0 aromatic carbocycles. The molecule has 1 saturated heterocycles. The van der Waals surface area contributed by atoms with E-state index in [1.807, 2.05) is 6.92 Å². The summed E-state index contributed by atoms with van der Waals surface area (Å²) in [6.07, 6.45) is 6.31. The number of rotatable bonds is 3. The summed E-state index contributed by atoms with van der Waals surface area (Å²) in [6.45, 7) is 3.18. The second-order valence-electron chi connectivity index (χ2n) is 5.10. The van der Waals surface area contributed by atoms with Gasteiger partial charge in [-0.15, -0.1) is 0 Å². The van der Waals surface area contributed by atoms with E-state index in [-0.39, 0.29) is 0 Å². The molecular weight excluding hydrogens is 198 g/mol. The van der Waals surface area contributed by atoms with Gasteiger partial charge in [0.05, 0.1) is 0 Å². The number of hydrogen-bond donors (Lipinski definition) is 1. The number of hydrogen-bond acceptors (Lipinski definition) is 3. The van der Waals surface area contributed by atoms with Crippen molar-refractivity contribution >= 4 is 0 Å². The van der Waals surface area contributed by atoms with Gasteiger partial charge in [-0.3, -0.25) is 0 Å². The van der Waals surface area contributed by atoms with Crippen molar-refractivity contribution in [3.05, 3.63) is 23.3 Å². The average Bonchev–Trinajstić information content (AvgIpc) is 2.98. The Labute approximate surface area is 96.7 Å². The lowest BCUT2D eigenvalue weighted by Gasteiger charge is -2.10. The summed E-state index contributed by atoms with van der Waals surface area (Å²) in [5, 5.41) is 3.53. The predicted octanol–water partition coefficient (Wildman–Crippen LogP) is 1.96. The molecule has 2 aliphatic rings. The van der Waals surface area contributed by atoms with Crippen LogP contribution in [0, 0.1) is 6.92 Å². The summed E-state index contributed by atoms with van der Waals surface area (Å²) >= 11 is 0. The lowest BCUT2D eigenvalue weighted by molar-refractivity contribution is 0.592. The van der Waals surface area contributed by atoms with E-state index in [0.29, 0.717) is 6.04 Å². The smallest absolute Gasteiger partial charge is 0.125 e. The molecule has 0 amide bonds. The van der Waals surface area contributed by atoms with E-state index >= 15 is 0 Å². The van der Waals surface area contributed by atoms with Gasteiger partial charge in [-0.05, 0) is 45.2 Å². The summed E-state index contributed by atoms with van der Waals surface area (Å²) in [7, 11) is 0. The first kappa shape index (κ1) is 10.2. The molecule has 1 unspecified atom stereocenters. The Kier molecular flexibility index (Phi) is 2.64. The van der Waals surface area contributed by atoms with Crippen molar-refractivity contribution in [3.63, 3.8) is 0 Å². The van der Waals surface area contributed by atoms with Crippen LogP contribution in [-0.2, 0) is 6.42 Å². The minimum atomic E-state index is 0.640. The van der Waals surface area contributed by atoms with Crippen molar-refractivity contribution in [2.75, 3.05) is 6.54 Å². The van der Waals surface area contributed by atoms with Crippen LogP contribution in [0.25, 0.3) is 0 Å². The Balaban J connectivity index is 1.76. The third kappa shape index (κ3) is 2.24. The predicted molar refractivity (Wildman–Crippen MR) is 63.5 cm³/mol. The minimum Gasteiger partial charge on any atom is -0.314 e. The van der Waals surface area contributed by atoms with Crippen LogP contribution in [0.5, 0.6) is 0 Å². The molecule has 0 bridgehead atoms. The Morgan fingerprint density at radius 3 is 2.88 bits per heavy atom. The molecular formula is C13H19N3. The van der Waals surface area contributed by atoms with Gasteiger partial charge in [0.15, 0.2) is 0 Å². The quantitative estimate of drug-likeness (QED) is 0.841. The van der Waals surface area contributed by atoms with E-state index in [1.54, 1.807) is 0 Å². The first-order chi connectivity index (χ1) is 7.81. The zero-order valence-corrected chi connectivity index (χ0v) is 9.87. The monoisotopic (exact) mass is 217 g/mol. The molecule has 1 saturated carbocycles. The maximum atomic E-state index is 4.56. The molecule has 1 aliphatic heterocycles. The maximum Gasteiger partial charge on any atom is 0.125 e. The lowest BCUT2D eigenvalue weighted by atomic mass is 10.1. The van der Waals surface area contributed by atoms with Crippen LogP contribution in [0.4, 0.5) is 0 Å². The first-order valence-corrected chi connectivity index (χ1v) is 6.39. The lowest BCUT2D eigenvalue weighted by Crippen LogP contribution is -2.24. The van der Waals surface area contributed by atoms with Gasteiger partial charge in [0.1, 0.15) is 5.82 Å². The van der Waals surface area contributed by atoms with Crippen LogP contribution in [0.1, 0.15) is 48.8 Å². The minimum absolute atomic E-state index is 0.640. The van der Waals surface area contributed by atoms with E-state index in [0.717, 1.165) is 18.2 Å². The molecule has 2 heterocycles. The zero-order valence-electron chi connectivity index (χ0n) is 9.87. The normalized spacial score (nSPS) is 24.9. The second kappa shape index (κ2) is 4.13. The molecule has 1 aliphatic carbocycles. The van der Waals surface area contributed by atoms with Gasteiger partial charge < -0.3 is 5.32 Å². The summed E-state index contributed by atoms with van der Waals surface area (Å²) < 4.78 is 0. The third-order valence-electron chi connectivity index (χ3n) is 3.52. The highest BCUT2D eigenvalue weighted by Crippen LogP contribution is 2.39. The van der Waals surface area contributed by atoms with Gasteiger partial charge in [-0.2, -0.15) is 0 Å². The SMILES string of the molecule is Cc1nc(CC2CCCN2)cc(C2CC2)n1. The number of aromatic nitrogens is 2. The molecule has 3 heteroatoms. The molecule has 2 fully saturated rings. The van der Waals surface area contributed by atoms with Gasteiger partial charge in [0, 0.05) is 29.8 Å². The molecule has 3 nitrogen and oxygen atoms in total. The van der Waals surface area contributed by atoms with Crippen LogP contribution in [-0.4, -0.2) is 22.6 Å². The van der Waals surface area contributed by atoms with Crippen molar-refractivity contribution in [2.45, 2.75) is 51.0 Å². The first-order valence-electron chi connectivity index (χ1n) is 6.39. The zero-order chi connectivity index (χ0) is 11.0. The summed E-state index contributed by atoms with van der Waals surface area (Å²) in [6, 6.07) is 2.87. The standard InChI is InChI=1S/C13H19N3/c1-9-15-12(7-11-3-2-6-14-11)8-13(16-9)10-4-5-10/h8,10-11,14H,2-7H2,1H3. The number of aryl methyl sites for hydroxylation is 1. The Morgan fingerprint density at radius 2 is 2.19 bits per heavy atom. The fourth-order valence-corrected chi connectivity index (χ4v) is 2.53. The highest BCUT2D eigenvalue weighted by Gasteiger charge is 2.26. The van der Waals surface area contributed by atoms with Crippen molar-refractivity contribution in [2.24, 2.45) is 0 Å². The average molecular weight is 217 g/mol. The molecule has 16 heavy (non-hydrogen) atoms. The molecule has 1 atom stereocenters. The molecule has 0 radical (unpaired) electrons. The van der Waals surface area contributed by atoms with Crippen molar-refractivity contribution in [1.29, 1.82) is 0 Å². The van der Waals surface area contributed by atoms with Crippen molar-refractivity contribution in [3.8, 4) is 0 Å². The van der Waals surface area contributed by atoms with E-state index < -0.39 is 0 Å². The molecule has 1 aromatic rings. The summed E-state index contributed by atoms with van der Waals surface area (Å²) in [5.74, 6) is 1.68. The Morgan fingerprint density at radius 1 is 1.31 bits per heavy atom. The topological polar surface area (TPSA) is 37.8 Å². The van der Waals surface area contributed by atoms with Crippen molar-refractivity contribution in [1.82, 2.24) is 15.3 Å². The Bertz CT molecular complexity index is 379. The van der Waals surface area contributed by atoms with Crippen molar-refractivity contribution < 1.29 is 0 Å². The highest BCUT2D eigenvalue weighted by atomic mass is 14.9. The van der Waals surface area contributed by atoms with Gasteiger partial charge in [0.2, 0.25) is 0 Å². The molecule has 3 rings (SSSR count). The van der Waals surface area contributed by atoms with Crippen LogP contribution < -0.4 is 5.32 Å². The van der Waals surface area contributed by atoms with E-state index in [1.165, 1.54) is 43.6 Å². The fraction of sp³-hybridized carbons (Fsp3) is 0.692. The molecule has 86 valence electrons. The van der Waals surface area contributed by atoms with Crippen LogP contribution in [0.15, 0.2) is 6.07 Å². The second-order valence-corrected chi connectivity index (χ2v) is 5.10. The van der Waals surface area contributed by atoms with E-state index in [9.17, 15) is 0 Å². The summed E-state index contributed by atoms with van der Waals surface area (Å²) in [4.78, 5) is 9.10. The fourth-order valence-electron chi connectivity index (χ4n) is 2.53. The molecule has 1 N–H and O–H groups in total. The maximum absolute atomic E-state index is 4.56. The number of nitrogens with one attached hydrogen (secondary N) is 1. The third-order valence-corrected chi connectivity index (χ3v) is 3.52. The van der Waals surface area contributed by atoms with E-state index in [4.69, 9.17) is 0 Å². The van der Waals surface area contributed by atoms with Crippen LogP contribution in [0.2, 0.25) is 0 Å². The van der Waals surface area contributed by atoms with Gasteiger partial charge >= 0.3 is 0 Å². The van der Waals surface area contributed by atoms with Gasteiger partial charge in [0.25, 0.3) is 0 Å². The summed E-state index contributed by atoms with van der Waals surface area (Å²) in [5.41, 5.74) is 2.51.